The molecule has 0 radical (unpaired) electrons. The Hall–Kier alpha value is -2.07. The molecule has 2 heterocycles. The molecule has 4 nitrogen and oxygen atoms in total. The zero-order valence-corrected chi connectivity index (χ0v) is 14.6. The smallest absolute Gasteiger partial charge is 0.250 e. The predicted octanol–water partition coefficient (Wildman–Crippen LogP) is 3.70. The van der Waals surface area contributed by atoms with E-state index >= 15 is 0 Å². The molecular weight excluding hydrogens is 322 g/mol. The molecule has 2 aromatic rings. The lowest BCUT2D eigenvalue weighted by atomic mass is 9.98. The molecular formula is C22H29N3O. The van der Waals surface area contributed by atoms with Crippen LogP contribution in [0.2, 0.25) is 0 Å². The average molecular weight is 361 g/mol. The van der Waals surface area contributed by atoms with Crippen molar-refractivity contribution in [3.8, 4) is 0 Å². The van der Waals surface area contributed by atoms with Gasteiger partial charge in [-0.1, -0.05) is 6.07 Å². The van der Waals surface area contributed by atoms with Gasteiger partial charge in [0, 0.05) is 62.9 Å². The molecule has 1 aliphatic heterocycles. The summed E-state index contributed by atoms with van der Waals surface area (Å²) in [4.78, 5) is 15.7. The van der Waals surface area contributed by atoms with Crippen LogP contribution in [0.15, 0.2) is 41.3 Å². The highest BCUT2D eigenvalue weighted by atomic mass is 16.1. The Morgan fingerprint density at radius 2 is 2.04 bits per heavy atom. The van der Waals surface area contributed by atoms with Crippen molar-refractivity contribution in [3.05, 3.63) is 58.0 Å². The van der Waals surface area contributed by atoms with Crippen molar-refractivity contribution in [2.24, 2.45) is 12.9 Å². The summed E-state index contributed by atoms with van der Waals surface area (Å²) in [7, 11) is 0. The van der Waals surface area contributed by atoms with Gasteiger partial charge < -0.3 is 9.47 Å². The maximum absolute atomic E-state index is 12.2. The Kier molecular flexibility index (Phi) is 2.59. The van der Waals surface area contributed by atoms with E-state index in [4.69, 9.17) is 12.3 Å². The molecule has 138 valence electrons. The number of rotatable bonds is 5. The lowest BCUT2D eigenvalue weighted by Crippen LogP contribution is -2.33. The zero-order chi connectivity index (χ0) is 25.8. The minimum atomic E-state index is -2.93. The summed E-state index contributed by atoms with van der Waals surface area (Å²) in [6.45, 7) is -6.06. The Balaban J connectivity index is 1.84. The first-order valence-corrected chi connectivity index (χ1v) is 9.01. The summed E-state index contributed by atoms with van der Waals surface area (Å²) in [5.41, 5.74) is 1.63. The maximum Gasteiger partial charge on any atom is 0.250 e. The lowest BCUT2D eigenvalue weighted by Gasteiger charge is -2.33. The molecule has 2 aliphatic rings. The van der Waals surface area contributed by atoms with Crippen LogP contribution in [0.4, 0.5) is 11.4 Å². The van der Waals surface area contributed by atoms with Gasteiger partial charge in [-0.15, -0.1) is 0 Å². The fourth-order valence-corrected chi connectivity index (χ4v) is 3.64. The van der Waals surface area contributed by atoms with Crippen LogP contribution in [0.5, 0.6) is 0 Å². The van der Waals surface area contributed by atoms with E-state index in [0.29, 0.717) is 22.7 Å². The number of hydrogen-bond donors (Lipinski definition) is 0. The zero-order valence-electron chi connectivity index (χ0n) is 23.6. The summed E-state index contributed by atoms with van der Waals surface area (Å²) in [6, 6.07) is 5.67. The highest BCUT2D eigenvalue weighted by Gasteiger charge is 2.26. The van der Waals surface area contributed by atoms with Crippen LogP contribution in [0.3, 0.4) is 0 Å². The van der Waals surface area contributed by atoms with Crippen molar-refractivity contribution in [2.45, 2.75) is 45.6 Å². The minimum Gasteiger partial charge on any atom is -0.338 e. The topological polar surface area (TPSA) is 28.5 Å². The first-order chi connectivity index (χ1) is 16.1. The summed E-state index contributed by atoms with van der Waals surface area (Å²) in [5.74, 6) is 0.715. The van der Waals surface area contributed by atoms with Gasteiger partial charge in [0.2, 0.25) is 5.56 Å². The van der Waals surface area contributed by atoms with Crippen molar-refractivity contribution in [1.29, 1.82) is 0 Å². The van der Waals surface area contributed by atoms with Gasteiger partial charge in [-0.2, -0.15) is 0 Å². The van der Waals surface area contributed by atoms with Gasteiger partial charge >= 0.3 is 0 Å². The largest absolute Gasteiger partial charge is 0.338 e. The molecule has 1 aromatic heterocycles. The van der Waals surface area contributed by atoms with Gasteiger partial charge in [0.15, 0.2) is 0 Å². The Labute approximate surface area is 168 Å². The van der Waals surface area contributed by atoms with Gasteiger partial charge in [0.1, 0.15) is 0 Å². The van der Waals surface area contributed by atoms with E-state index in [1.54, 1.807) is 12.1 Å². The van der Waals surface area contributed by atoms with Crippen LogP contribution in [-0.2, 0) is 19.9 Å². The lowest BCUT2D eigenvalue weighted by molar-refractivity contribution is 0.244. The fourth-order valence-electron chi connectivity index (χ4n) is 3.64. The second-order valence-electron chi connectivity index (χ2n) is 7.25. The van der Waals surface area contributed by atoms with Crippen molar-refractivity contribution in [1.82, 2.24) is 9.47 Å². The number of benzene rings is 1. The molecule has 1 aromatic carbocycles. The van der Waals surface area contributed by atoms with E-state index in [0.717, 1.165) is 47.8 Å². The molecule has 0 spiro atoms. The van der Waals surface area contributed by atoms with Crippen LogP contribution in [0, 0.1) is 5.92 Å². The standard InChI is InChI=1S/C22H29N3O/c1-16(2)25(21-8-9-22(26)23(3)15-21)20-7-6-18-10-11-24(13-17-4-5-17)14-19(18)12-20/h6-9,12,15-17H,4-5,10-11,13-14H2,1-3H3/i1D3,2D3,3D3. The fraction of sp³-hybridized carbons (Fsp3) is 0.500. The third-order valence-corrected chi connectivity index (χ3v) is 5.20. The summed E-state index contributed by atoms with van der Waals surface area (Å²) in [6.07, 6.45) is 4.32. The Bertz CT molecular complexity index is 1120. The van der Waals surface area contributed by atoms with E-state index in [9.17, 15) is 4.79 Å². The number of hydrogen-bond acceptors (Lipinski definition) is 3. The van der Waals surface area contributed by atoms with E-state index in [1.165, 1.54) is 18.9 Å². The van der Waals surface area contributed by atoms with Crippen LogP contribution in [-0.4, -0.2) is 28.6 Å². The monoisotopic (exact) mass is 360 g/mol. The van der Waals surface area contributed by atoms with Crippen LogP contribution in [0.1, 0.15) is 50.0 Å². The van der Waals surface area contributed by atoms with Gasteiger partial charge in [0.25, 0.3) is 0 Å². The minimum absolute atomic E-state index is 0.00331. The highest BCUT2D eigenvalue weighted by Crippen LogP contribution is 2.34. The van der Waals surface area contributed by atoms with E-state index in [2.05, 4.69) is 4.90 Å². The Morgan fingerprint density at radius 1 is 1.19 bits per heavy atom. The summed E-state index contributed by atoms with van der Waals surface area (Å²) < 4.78 is 71.8. The maximum atomic E-state index is 12.2. The van der Waals surface area contributed by atoms with Crippen molar-refractivity contribution < 1.29 is 12.3 Å². The second kappa shape index (κ2) is 6.92. The molecule has 4 heteroatoms. The van der Waals surface area contributed by atoms with E-state index in [-0.39, 0.29) is 5.69 Å². The van der Waals surface area contributed by atoms with Gasteiger partial charge in [-0.25, -0.2) is 0 Å². The van der Waals surface area contributed by atoms with Crippen molar-refractivity contribution in [2.75, 3.05) is 18.0 Å². The second-order valence-corrected chi connectivity index (χ2v) is 7.25. The first-order valence-electron chi connectivity index (χ1n) is 13.5. The van der Waals surface area contributed by atoms with Crippen molar-refractivity contribution in [3.63, 3.8) is 0 Å². The third kappa shape index (κ3) is 3.56. The molecule has 0 saturated heterocycles. The molecule has 0 bridgehead atoms. The predicted molar refractivity (Wildman–Crippen MR) is 107 cm³/mol. The number of aryl methyl sites for hydroxylation is 1. The van der Waals surface area contributed by atoms with E-state index in [1.807, 2.05) is 6.07 Å². The number of nitrogens with zero attached hydrogens (tertiary/aromatic N) is 3. The number of anilines is 2. The third-order valence-electron chi connectivity index (χ3n) is 5.20. The first kappa shape index (κ1) is 9.75. The number of aromatic nitrogens is 1. The summed E-state index contributed by atoms with van der Waals surface area (Å²) in [5, 5.41) is 0. The molecule has 1 fully saturated rings. The summed E-state index contributed by atoms with van der Waals surface area (Å²) >= 11 is 0. The molecule has 0 N–H and O–H groups in total. The molecule has 4 rings (SSSR count). The van der Waals surface area contributed by atoms with Crippen LogP contribution >= 0.6 is 0 Å². The normalized spacial score (nSPS) is 24.0. The van der Waals surface area contributed by atoms with Crippen LogP contribution < -0.4 is 10.5 Å². The van der Waals surface area contributed by atoms with Gasteiger partial charge in [-0.3, -0.25) is 9.69 Å². The number of fused-ring (bicyclic) bond motifs is 1. The van der Waals surface area contributed by atoms with Gasteiger partial charge in [-0.05, 0) is 68.2 Å². The number of pyridine rings is 1. The molecule has 0 amide bonds. The molecule has 0 atom stereocenters. The quantitative estimate of drug-likeness (QED) is 0.814. The van der Waals surface area contributed by atoms with Crippen LogP contribution in [0.25, 0.3) is 0 Å². The van der Waals surface area contributed by atoms with Crippen molar-refractivity contribution >= 4 is 11.4 Å². The molecule has 0 unspecified atom stereocenters. The Morgan fingerprint density at radius 3 is 2.81 bits per heavy atom. The molecule has 1 saturated carbocycles. The van der Waals surface area contributed by atoms with Gasteiger partial charge in [0.05, 0.1) is 5.69 Å². The average Bonchev–Trinajstić information content (AvgIpc) is 3.53. The van der Waals surface area contributed by atoms with E-state index < -0.39 is 32.3 Å². The highest BCUT2D eigenvalue weighted by molar-refractivity contribution is 5.64. The molecule has 1 aliphatic carbocycles. The SMILES string of the molecule is [2H]C([2H])([2H])C(N(c1ccc2c(c1)CN(CC1CC1)CC2)c1ccc(=O)n(C([2H])([2H])[2H])c1)C([2H])([2H])[2H]. The molecule has 26 heavy (non-hydrogen) atoms.